The van der Waals surface area contributed by atoms with Gasteiger partial charge in [0.05, 0.1) is 11.1 Å². The van der Waals surface area contributed by atoms with E-state index >= 15 is 0 Å². The Balaban J connectivity index is 2.08. The molecular formula is C14H16BrFN2O3. The van der Waals surface area contributed by atoms with Crippen LogP contribution in [0.2, 0.25) is 0 Å². The van der Waals surface area contributed by atoms with E-state index in [2.05, 4.69) is 21.2 Å². The van der Waals surface area contributed by atoms with Gasteiger partial charge in [0, 0.05) is 17.6 Å². The summed E-state index contributed by atoms with van der Waals surface area (Å²) in [6, 6.07) is 3.85. The second-order valence-electron chi connectivity index (χ2n) is 5.45. The molecule has 1 unspecified atom stereocenters. The van der Waals surface area contributed by atoms with Crippen LogP contribution in [-0.2, 0) is 4.79 Å². The zero-order valence-electron chi connectivity index (χ0n) is 11.5. The summed E-state index contributed by atoms with van der Waals surface area (Å²) in [7, 11) is 0. The highest BCUT2D eigenvalue weighted by Crippen LogP contribution is 2.30. The zero-order chi connectivity index (χ0) is 15.6. The van der Waals surface area contributed by atoms with Crippen molar-refractivity contribution < 1.29 is 19.1 Å². The van der Waals surface area contributed by atoms with Crippen LogP contribution in [0.3, 0.4) is 0 Å². The molecule has 114 valence electrons. The fraction of sp³-hybridized carbons (Fsp3) is 0.429. The number of nitrogens with zero attached hydrogens (tertiary/aromatic N) is 1. The van der Waals surface area contributed by atoms with E-state index in [9.17, 15) is 19.1 Å². The van der Waals surface area contributed by atoms with Crippen LogP contribution in [0, 0.1) is 11.2 Å². The van der Waals surface area contributed by atoms with E-state index in [4.69, 9.17) is 0 Å². The fourth-order valence-electron chi connectivity index (χ4n) is 2.37. The predicted octanol–water partition coefficient (Wildman–Crippen LogP) is 3.31. The smallest absolute Gasteiger partial charge is 0.321 e. The van der Waals surface area contributed by atoms with Crippen LogP contribution in [-0.4, -0.2) is 35.1 Å². The predicted molar refractivity (Wildman–Crippen MR) is 79.7 cm³/mol. The quantitative estimate of drug-likeness (QED) is 0.851. The molecule has 1 saturated heterocycles. The van der Waals surface area contributed by atoms with E-state index in [1.807, 2.05) is 0 Å². The average Bonchev–Trinajstić information content (AvgIpc) is 2.41. The van der Waals surface area contributed by atoms with Gasteiger partial charge in [0.1, 0.15) is 5.82 Å². The molecular weight excluding hydrogens is 343 g/mol. The van der Waals surface area contributed by atoms with Crippen molar-refractivity contribution in [2.24, 2.45) is 5.41 Å². The maximum Gasteiger partial charge on any atom is 0.321 e. The summed E-state index contributed by atoms with van der Waals surface area (Å²) in [6.07, 6.45) is 1.14. The Kier molecular flexibility index (Phi) is 4.51. The number of carboxylic acids is 1. The first kappa shape index (κ1) is 15.8. The summed E-state index contributed by atoms with van der Waals surface area (Å²) in [5, 5.41) is 11.7. The maximum absolute atomic E-state index is 13.7. The summed E-state index contributed by atoms with van der Waals surface area (Å²) >= 11 is 3.14. The molecule has 0 spiro atoms. The molecule has 1 aliphatic heterocycles. The van der Waals surface area contributed by atoms with Gasteiger partial charge >= 0.3 is 12.0 Å². The van der Waals surface area contributed by atoms with Gasteiger partial charge in [0.15, 0.2) is 0 Å². The minimum atomic E-state index is -0.951. The first-order valence-electron chi connectivity index (χ1n) is 6.56. The first-order chi connectivity index (χ1) is 9.82. The number of carbonyl (C=O) groups is 2. The van der Waals surface area contributed by atoms with Gasteiger partial charge in [-0.3, -0.25) is 4.79 Å². The number of urea groups is 1. The lowest BCUT2D eigenvalue weighted by molar-refractivity contribution is -0.150. The fourth-order valence-corrected chi connectivity index (χ4v) is 2.71. The molecule has 0 aromatic heterocycles. The monoisotopic (exact) mass is 358 g/mol. The molecule has 1 aromatic rings. The Hall–Kier alpha value is -1.63. The Morgan fingerprint density at radius 2 is 2.19 bits per heavy atom. The van der Waals surface area contributed by atoms with Crippen LogP contribution >= 0.6 is 15.9 Å². The molecule has 1 heterocycles. The van der Waals surface area contributed by atoms with Crippen LogP contribution in [0.25, 0.3) is 0 Å². The zero-order valence-corrected chi connectivity index (χ0v) is 13.1. The second kappa shape index (κ2) is 6.01. The van der Waals surface area contributed by atoms with Crippen LogP contribution in [0.5, 0.6) is 0 Å². The molecule has 1 fully saturated rings. The van der Waals surface area contributed by atoms with E-state index in [0.717, 1.165) is 0 Å². The number of hydrogen-bond donors (Lipinski definition) is 2. The van der Waals surface area contributed by atoms with Crippen molar-refractivity contribution in [3.63, 3.8) is 0 Å². The van der Waals surface area contributed by atoms with Gasteiger partial charge in [0.25, 0.3) is 0 Å². The number of rotatable bonds is 2. The molecule has 0 bridgehead atoms. The van der Waals surface area contributed by atoms with Crippen LogP contribution < -0.4 is 5.32 Å². The van der Waals surface area contributed by atoms with E-state index in [-0.39, 0.29) is 12.2 Å². The number of likely N-dealkylation sites (tertiary alicyclic amines) is 1. The molecule has 7 heteroatoms. The van der Waals surface area contributed by atoms with Crippen molar-refractivity contribution in [3.8, 4) is 0 Å². The van der Waals surface area contributed by atoms with Crippen molar-refractivity contribution in [2.45, 2.75) is 19.8 Å². The number of hydrogen-bond acceptors (Lipinski definition) is 2. The SMILES string of the molecule is CC1(C(=O)O)CCCN(C(=O)Nc2ccc(Br)cc2F)C1. The van der Waals surface area contributed by atoms with Crippen LogP contribution in [0.1, 0.15) is 19.8 Å². The largest absolute Gasteiger partial charge is 0.481 e. The Morgan fingerprint density at radius 1 is 1.48 bits per heavy atom. The number of halogens is 2. The number of carboxylic acid groups (broad SMARTS) is 1. The van der Waals surface area contributed by atoms with Gasteiger partial charge in [-0.2, -0.15) is 0 Å². The number of amides is 2. The third-order valence-corrected chi connectivity index (χ3v) is 4.17. The van der Waals surface area contributed by atoms with E-state index in [1.54, 1.807) is 13.0 Å². The Morgan fingerprint density at radius 3 is 2.81 bits per heavy atom. The number of benzene rings is 1. The summed E-state index contributed by atoms with van der Waals surface area (Å²) in [5.41, 5.74) is -0.876. The molecule has 5 nitrogen and oxygen atoms in total. The second-order valence-corrected chi connectivity index (χ2v) is 6.36. The molecule has 0 saturated carbocycles. The average molecular weight is 359 g/mol. The summed E-state index contributed by atoms with van der Waals surface area (Å²) in [4.78, 5) is 24.8. The van der Waals surface area contributed by atoms with E-state index in [1.165, 1.54) is 17.0 Å². The number of nitrogens with one attached hydrogen (secondary N) is 1. The van der Waals surface area contributed by atoms with Gasteiger partial charge in [0.2, 0.25) is 0 Å². The lowest BCUT2D eigenvalue weighted by Crippen LogP contribution is -2.49. The highest BCUT2D eigenvalue weighted by atomic mass is 79.9. The topological polar surface area (TPSA) is 69.6 Å². The molecule has 1 aromatic carbocycles. The molecule has 0 aliphatic carbocycles. The molecule has 2 amide bonds. The number of piperidine rings is 1. The minimum Gasteiger partial charge on any atom is -0.481 e. The van der Waals surface area contributed by atoms with Crippen molar-refractivity contribution in [1.29, 1.82) is 0 Å². The summed E-state index contributed by atoms with van der Waals surface area (Å²) < 4.78 is 14.3. The molecule has 0 radical (unpaired) electrons. The number of carbonyl (C=O) groups excluding carboxylic acids is 1. The third kappa shape index (κ3) is 3.53. The summed E-state index contributed by atoms with van der Waals surface area (Å²) in [5.74, 6) is -1.47. The van der Waals surface area contributed by atoms with Gasteiger partial charge in [-0.05, 0) is 38.0 Å². The Bertz CT molecular complexity index is 581. The summed E-state index contributed by atoms with van der Waals surface area (Å²) in [6.45, 7) is 2.20. The van der Waals surface area contributed by atoms with Gasteiger partial charge in [-0.25, -0.2) is 9.18 Å². The van der Waals surface area contributed by atoms with Crippen LogP contribution in [0.15, 0.2) is 22.7 Å². The van der Waals surface area contributed by atoms with Gasteiger partial charge in [-0.1, -0.05) is 15.9 Å². The minimum absolute atomic E-state index is 0.0748. The lowest BCUT2D eigenvalue weighted by atomic mass is 9.82. The lowest BCUT2D eigenvalue weighted by Gasteiger charge is -2.37. The molecule has 21 heavy (non-hydrogen) atoms. The molecule has 1 aliphatic rings. The van der Waals surface area contributed by atoms with E-state index in [0.29, 0.717) is 23.9 Å². The van der Waals surface area contributed by atoms with Crippen molar-refractivity contribution in [1.82, 2.24) is 4.90 Å². The van der Waals surface area contributed by atoms with Gasteiger partial charge < -0.3 is 15.3 Å². The maximum atomic E-state index is 13.7. The van der Waals surface area contributed by atoms with Crippen molar-refractivity contribution in [2.75, 3.05) is 18.4 Å². The number of anilines is 1. The first-order valence-corrected chi connectivity index (χ1v) is 7.35. The van der Waals surface area contributed by atoms with E-state index < -0.39 is 23.2 Å². The third-order valence-electron chi connectivity index (χ3n) is 3.67. The molecule has 1 atom stereocenters. The highest BCUT2D eigenvalue weighted by Gasteiger charge is 2.39. The van der Waals surface area contributed by atoms with Crippen molar-refractivity contribution in [3.05, 3.63) is 28.5 Å². The highest BCUT2D eigenvalue weighted by molar-refractivity contribution is 9.10. The normalized spacial score (nSPS) is 22.0. The molecule has 2 N–H and O–H groups in total. The molecule has 2 rings (SSSR count). The number of aliphatic carboxylic acids is 1. The van der Waals surface area contributed by atoms with Crippen molar-refractivity contribution >= 4 is 33.6 Å². The Labute approximate surface area is 130 Å². The van der Waals surface area contributed by atoms with Crippen LogP contribution in [0.4, 0.5) is 14.9 Å². The standard InChI is InChI=1S/C14H16BrFN2O3/c1-14(12(19)20)5-2-6-18(8-14)13(21)17-11-4-3-9(15)7-10(11)16/h3-4,7H,2,5-6,8H2,1H3,(H,17,21)(H,19,20). The van der Waals surface area contributed by atoms with Gasteiger partial charge in [-0.15, -0.1) is 0 Å².